The van der Waals surface area contributed by atoms with Gasteiger partial charge in [-0.2, -0.15) is 0 Å². The molecule has 4 nitrogen and oxygen atoms in total. The van der Waals surface area contributed by atoms with Gasteiger partial charge in [0.05, 0.1) is 6.04 Å². The molecule has 2 aliphatic rings. The molecule has 0 aromatic heterocycles. The maximum atomic E-state index is 12.4. The van der Waals surface area contributed by atoms with Crippen LogP contribution in [-0.4, -0.2) is 17.9 Å². The number of benzene rings is 2. The lowest BCUT2D eigenvalue weighted by atomic mass is 10.0. The second-order valence-corrected chi connectivity index (χ2v) is 7.44. The van der Waals surface area contributed by atoms with Crippen molar-refractivity contribution in [2.45, 2.75) is 37.8 Å². The average molecular weight is 360 g/mol. The highest BCUT2D eigenvalue weighted by Crippen LogP contribution is 2.40. The second kappa shape index (κ2) is 7.78. The molecule has 27 heavy (non-hydrogen) atoms. The first-order chi connectivity index (χ1) is 13.2. The first-order valence-electron chi connectivity index (χ1n) is 9.63. The van der Waals surface area contributed by atoms with Crippen LogP contribution < -0.4 is 10.6 Å². The molecule has 0 spiro atoms. The summed E-state index contributed by atoms with van der Waals surface area (Å²) in [6.07, 6.45) is 7.82. The van der Waals surface area contributed by atoms with E-state index in [2.05, 4.69) is 22.8 Å². The first kappa shape index (κ1) is 17.5. The van der Waals surface area contributed by atoms with E-state index in [-0.39, 0.29) is 17.9 Å². The maximum Gasteiger partial charge on any atom is 0.251 e. The van der Waals surface area contributed by atoms with Gasteiger partial charge in [0, 0.05) is 17.7 Å². The van der Waals surface area contributed by atoms with Crippen molar-refractivity contribution in [2.24, 2.45) is 5.92 Å². The van der Waals surface area contributed by atoms with Gasteiger partial charge in [0.2, 0.25) is 5.91 Å². The van der Waals surface area contributed by atoms with Gasteiger partial charge in [0.15, 0.2) is 0 Å². The summed E-state index contributed by atoms with van der Waals surface area (Å²) >= 11 is 0. The average Bonchev–Trinajstić information content (AvgIpc) is 3.60. The number of hydrogen-bond acceptors (Lipinski definition) is 2. The first-order valence-corrected chi connectivity index (χ1v) is 9.63. The summed E-state index contributed by atoms with van der Waals surface area (Å²) in [6.45, 7) is 0. The standard InChI is InChI=1S/C23H24N2O2/c26-21(25-22(18-11-12-18)17-4-2-1-3-5-17)15-8-16-6-9-19(10-7-16)23(27)24-20-13-14-20/h1-10,15,18,20,22H,11-14H2,(H,24,27)(H,25,26)/b15-8+. The molecule has 2 fully saturated rings. The van der Waals surface area contributed by atoms with Crippen LogP contribution in [0.2, 0.25) is 0 Å². The van der Waals surface area contributed by atoms with Gasteiger partial charge in [0.25, 0.3) is 5.91 Å². The Hall–Kier alpha value is -2.88. The number of nitrogens with one attached hydrogen (secondary N) is 2. The Morgan fingerprint density at radius 1 is 0.926 bits per heavy atom. The zero-order valence-electron chi connectivity index (χ0n) is 15.2. The predicted molar refractivity (Wildman–Crippen MR) is 106 cm³/mol. The third-order valence-electron chi connectivity index (χ3n) is 5.06. The van der Waals surface area contributed by atoms with E-state index < -0.39 is 0 Å². The van der Waals surface area contributed by atoms with E-state index in [1.807, 2.05) is 30.3 Å². The number of rotatable bonds is 7. The SMILES string of the molecule is O=C(/C=C/c1ccc(C(=O)NC2CC2)cc1)NC(c1ccccc1)C1CC1. The monoisotopic (exact) mass is 360 g/mol. The van der Waals surface area contributed by atoms with Gasteiger partial charge in [-0.15, -0.1) is 0 Å². The Bertz CT molecular complexity index is 834. The molecule has 2 saturated carbocycles. The lowest BCUT2D eigenvalue weighted by Crippen LogP contribution is -2.28. The molecule has 2 aliphatic carbocycles. The third-order valence-corrected chi connectivity index (χ3v) is 5.06. The highest BCUT2D eigenvalue weighted by molar-refractivity contribution is 5.95. The van der Waals surface area contributed by atoms with Crippen LogP contribution in [-0.2, 0) is 4.79 Å². The number of carbonyl (C=O) groups excluding carboxylic acids is 2. The number of amides is 2. The Balaban J connectivity index is 1.35. The van der Waals surface area contributed by atoms with Gasteiger partial charge in [-0.25, -0.2) is 0 Å². The van der Waals surface area contributed by atoms with Crippen LogP contribution in [0.3, 0.4) is 0 Å². The molecule has 0 aliphatic heterocycles. The summed E-state index contributed by atoms with van der Waals surface area (Å²) in [6, 6.07) is 17.9. The van der Waals surface area contributed by atoms with E-state index in [0.717, 1.165) is 36.8 Å². The Kier molecular flexibility index (Phi) is 5.05. The minimum atomic E-state index is -0.0914. The highest BCUT2D eigenvalue weighted by Gasteiger charge is 2.32. The molecule has 0 bridgehead atoms. The summed E-state index contributed by atoms with van der Waals surface area (Å²) in [5, 5.41) is 6.11. The van der Waals surface area contributed by atoms with Crippen molar-refractivity contribution in [1.82, 2.24) is 10.6 Å². The van der Waals surface area contributed by atoms with E-state index in [9.17, 15) is 9.59 Å². The predicted octanol–water partition coefficient (Wildman–Crippen LogP) is 3.86. The normalized spacial score (nSPS) is 17.5. The van der Waals surface area contributed by atoms with Crippen molar-refractivity contribution >= 4 is 17.9 Å². The Labute approximate surface area is 159 Å². The fourth-order valence-electron chi connectivity index (χ4n) is 3.18. The molecule has 2 aromatic carbocycles. The number of hydrogen-bond donors (Lipinski definition) is 2. The largest absolute Gasteiger partial charge is 0.349 e. The molecule has 0 saturated heterocycles. The van der Waals surface area contributed by atoms with E-state index >= 15 is 0 Å². The fraction of sp³-hybridized carbons (Fsp3) is 0.304. The lowest BCUT2D eigenvalue weighted by molar-refractivity contribution is -0.117. The lowest BCUT2D eigenvalue weighted by Gasteiger charge is -2.17. The quantitative estimate of drug-likeness (QED) is 0.737. The molecular weight excluding hydrogens is 336 g/mol. The van der Waals surface area contributed by atoms with Crippen molar-refractivity contribution < 1.29 is 9.59 Å². The highest BCUT2D eigenvalue weighted by atomic mass is 16.2. The summed E-state index contributed by atoms with van der Waals surface area (Å²) in [4.78, 5) is 24.4. The van der Waals surface area contributed by atoms with Gasteiger partial charge in [0.1, 0.15) is 0 Å². The third kappa shape index (κ3) is 4.85. The molecule has 2 N–H and O–H groups in total. The van der Waals surface area contributed by atoms with E-state index in [1.54, 1.807) is 24.3 Å². The Morgan fingerprint density at radius 2 is 1.63 bits per heavy atom. The van der Waals surface area contributed by atoms with Crippen LogP contribution in [0.1, 0.15) is 53.2 Å². The molecule has 4 rings (SSSR count). The summed E-state index contributed by atoms with van der Waals surface area (Å²) < 4.78 is 0. The van der Waals surface area contributed by atoms with Crippen molar-refractivity contribution in [3.63, 3.8) is 0 Å². The molecule has 1 atom stereocenters. The zero-order chi connectivity index (χ0) is 18.6. The van der Waals surface area contributed by atoms with E-state index in [4.69, 9.17) is 0 Å². The van der Waals surface area contributed by atoms with Crippen LogP contribution in [0.5, 0.6) is 0 Å². The van der Waals surface area contributed by atoms with Gasteiger partial charge in [-0.05, 0) is 60.9 Å². The topological polar surface area (TPSA) is 58.2 Å². The van der Waals surface area contributed by atoms with Gasteiger partial charge in [-0.3, -0.25) is 9.59 Å². The van der Waals surface area contributed by atoms with Crippen LogP contribution in [0, 0.1) is 5.92 Å². The zero-order valence-corrected chi connectivity index (χ0v) is 15.2. The van der Waals surface area contributed by atoms with Crippen molar-refractivity contribution in [1.29, 1.82) is 0 Å². The van der Waals surface area contributed by atoms with Crippen LogP contribution >= 0.6 is 0 Å². The molecule has 0 heterocycles. The molecule has 2 amide bonds. The molecule has 138 valence electrons. The Morgan fingerprint density at radius 3 is 2.26 bits per heavy atom. The minimum absolute atomic E-state index is 0.0269. The fourth-order valence-corrected chi connectivity index (χ4v) is 3.18. The van der Waals surface area contributed by atoms with Gasteiger partial charge >= 0.3 is 0 Å². The molecule has 4 heteroatoms. The van der Waals surface area contributed by atoms with Crippen LogP contribution in [0.15, 0.2) is 60.7 Å². The van der Waals surface area contributed by atoms with Crippen molar-refractivity contribution in [3.05, 3.63) is 77.4 Å². The van der Waals surface area contributed by atoms with E-state index in [1.165, 1.54) is 0 Å². The number of carbonyl (C=O) groups is 2. The second-order valence-electron chi connectivity index (χ2n) is 7.44. The smallest absolute Gasteiger partial charge is 0.251 e. The summed E-state index contributed by atoms with van der Waals surface area (Å²) in [5.41, 5.74) is 2.71. The molecule has 0 radical (unpaired) electrons. The minimum Gasteiger partial charge on any atom is -0.349 e. The van der Waals surface area contributed by atoms with E-state index in [0.29, 0.717) is 17.5 Å². The molecule has 2 aromatic rings. The van der Waals surface area contributed by atoms with Crippen molar-refractivity contribution in [2.75, 3.05) is 0 Å². The van der Waals surface area contributed by atoms with Gasteiger partial charge in [-0.1, -0.05) is 42.5 Å². The van der Waals surface area contributed by atoms with Gasteiger partial charge < -0.3 is 10.6 Å². The molecular formula is C23H24N2O2. The molecule has 1 unspecified atom stereocenters. The van der Waals surface area contributed by atoms with Crippen LogP contribution in [0.25, 0.3) is 6.08 Å². The van der Waals surface area contributed by atoms with Crippen LogP contribution in [0.4, 0.5) is 0 Å². The van der Waals surface area contributed by atoms with Crippen molar-refractivity contribution in [3.8, 4) is 0 Å². The summed E-state index contributed by atoms with van der Waals surface area (Å²) in [5.74, 6) is 0.418. The maximum absolute atomic E-state index is 12.4. The summed E-state index contributed by atoms with van der Waals surface area (Å²) in [7, 11) is 0.